The molecule has 0 aliphatic carbocycles. The van der Waals surface area contributed by atoms with Crippen molar-refractivity contribution in [1.29, 1.82) is 0 Å². The number of piperidine rings is 1. The van der Waals surface area contributed by atoms with Gasteiger partial charge in [-0.25, -0.2) is 9.78 Å². The first-order valence-corrected chi connectivity index (χ1v) is 10.9. The summed E-state index contributed by atoms with van der Waals surface area (Å²) in [6, 6.07) is 0.203. The second-order valence-electron chi connectivity index (χ2n) is 8.41. The third-order valence-corrected chi connectivity index (χ3v) is 6.82. The summed E-state index contributed by atoms with van der Waals surface area (Å²) in [5, 5.41) is 0. The number of aromatic nitrogens is 2. The van der Waals surface area contributed by atoms with Crippen molar-refractivity contribution in [2.75, 3.05) is 52.9 Å². The van der Waals surface area contributed by atoms with Crippen LogP contribution in [0.25, 0.3) is 0 Å². The van der Waals surface area contributed by atoms with Crippen LogP contribution < -0.4 is 0 Å². The van der Waals surface area contributed by atoms with Crippen LogP contribution in [0.15, 0.2) is 0 Å². The Bertz CT molecular complexity index is 660. The summed E-state index contributed by atoms with van der Waals surface area (Å²) in [4.78, 5) is 30.0. The van der Waals surface area contributed by atoms with Gasteiger partial charge in [0.1, 0.15) is 5.82 Å². The number of carbonyl (C=O) groups is 1. The Hall–Kier alpha value is -1.60. The predicted molar refractivity (Wildman–Crippen MR) is 112 cm³/mol. The molecule has 3 heterocycles. The number of nitrogens with one attached hydrogen (secondary N) is 1. The van der Waals surface area contributed by atoms with E-state index in [2.05, 4.69) is 54.4 Å². The van der Waals surface area contributed by atoms with Gasteiger partial charge >= 0.3 is 6.03 Å². The lowest BCUT2D eigenvalue weighted by molar-refractivity contribution is -0.0256. The van der Waals surface area contributed by atoms with E-state index in [1.165, 1.54) is 11.4 Å². The number of hydrogen-bond acceptors (Lipinski definition) is 4. The zero-order valence-corrected chi connectivity index (χ0v) is 18.4. The van der Waals surface area contributed by atoms with Crippen molar-refractivity contribution < 1.29 is 4.79 Å². The van der Waals surface area contributed by atoms with Crippen LogP contribution in [-0.4, -0.2) is 94.0 Å². The highest BCUT2D eigenvalue weighted by Crippen LogP contribution is 2.32. The number of amides is 2. The number of hydrogen-bond donors (Lipinski definition) is 1. The molecule has 2 saturated heterocycles. The number of H-pyrrole nitrogens is 1. The van der Waals surface area contributed by atoms with Gasteiger partial charge < -0.3 is 14.8 Å². The molecule has 2 aliphatic rings. The van der Waals surface area contributed by atoms with Gasteiger partial charge in [0.2, 0.25) is 0 Å². The number of imidazole rings is 1. The van der Waals surface area contributed by atoms with E-state index in [-0.39, 0.29) is 11.6 Å². The van der Waals surface area contributed by atoms with Crippen LogP contribution >= 0.6 is 0 Å². The van der Waals surface area contributed by atoms with Gasteiger partial charge in [-0.3, -0.25) is 9.80 Å². The molecule has 0 saturated carbocycles. The Kier molecular flexibility index (Phi) is 6.65. The maximum absolute atomic E-state index is 12.7. The van der Waals surface area contributed by atoms with E-state index in [4.69, 9.17) is 4.98 Å². The monoisotopic (exact) mass is 390 g/mol. The quantitative estimate of drug-likeness (QED) is 0.838. The summed E-state index contributed by atoms with van der Waals surface area (Å²) in [6.45, 7) is 15.8. The first kappa shape index (κ1) is 21.1. The van der Waals surface area contributed by atoms with E-state index in [0.717, 1.165) is 77.4 Å². The number of urea groups is 1. The molecule has 0 radical (unpaired) electrons. The summed E-state index contributed by atoms with van der Waals surface area (Å²) >= 11 is 0. The lowest BCUT2D eigenvalue weighted by atomic mass is 9.83. The van der Waals surface area contributed by atoms with Gasteiger partial charge in [0.15, 0.2) is 0 Å². The number of likely N-dealkylation sites (N-methyl/N-ethyl adjacent to an activating group) is 1. The molecule has 1 aromatic rings. The van der Waals surface area contributed by atoms with E-state index >= 15 is 0 Å². The highest BCUT2D eigenvalue weighted by atomic mass is 16.2. The Morgan fingerprint density at radius 2 is 1.82 bits per heavy atom. The minimum absolute atomic E-state index is 0.177. The first-order chi connectivity index (χ1) is 13.4. The minimum atomic E-state index is 0.177. The second-order valence-corrected chi connectivity index (χ2v) is 8.41. The van der Waals surface area contributed by atoms with Crippen molar-refractivity contribution in [2.24, 2.45) is 0 Å². The van der Waals surface area contributed by atoms with Crippen molar-refractivity contribution in [3.8, 4) is 0 Å². The van der Waals surface area contributed by atoms with Crippen LogP contribution in [0.5, 0.6) is 0 Å². The molecule has 3 rings (SSSR count). The maximum Gasteiger partial charge on any atom is 0.319 e. The van der Waals surface area contributed by atoms with E-state index in [0.29, 0.717) is 0 Å². The van der Waals surface area contributed by atoms with Gasteiger partial charge in [-0.2, -0.15) is 0 Å². The summed E-state index contributed by atoms with van der Waals surface area (Å²) in [5.41, 5.74) is 2.56. The molecule has 28 heavy (non-hydrogen) atoms. The predicted octanol–water partition coefficient (Wildman–Crippen LogP) is 2.32. The number of carbonyl (C=O) groups excluding carboxylic acids is 1. The Balaban J connectivity index is 1.63. The highest BCUT2D eigenvalue weighted by Gasteiger charge is 2.43. The van der Waals surface area contributed by atoms with E-state index in [9.17, 15) is 4.79 Å². The van der Waals surface area contributed by atoms with Crippen LogP contribution in [0.1, 0.15) is 50.8 Å². The summed E-state index contributed by atoms with van der Waals surface area (Å²) in [5.74, 6) is 1.08. The number of nitrogens with zero attached hydrogens (tertiary/aromatic N) is 5. The Morgan fingerprint density at radius 1 is 1.14 bits per heavy atom. The molecule has 1 spiro atoms. The van der Waals surface area contributed by atoms with Crippen LogP contribution in [0.4, 0.5) is 4.79 Å². The second kappa shape index (κ2) is 8.82. The fourth-order valence-electron chi connectivity index (χ4n) is 4.72. The van der Waals surface area contributed by atoms with Crippen LogP contribution in [-0.2, 0) is 13.0 Å². The highest BCUT2D eigenvalue weighted by molar-refractivity contribution is 5.74. The summed E-state index contributed by atoms with van der Waals surface area (Å²) < 4.78 is 0. The van der Waals surface area contributed by atoms with E-state index in [1.54, 1.807) is 0 Å². The topological polar surface area (TPSA) is 58.7 Å². The zero-order valence-electron chi connectivity index (χ0n) is 18.4. The lowest BCUT2D eigenvalue weighted by Gasteiger charge is -2.53. The Morgan fingerprint density at radius 3 is 2.39 bits per heavy atom. The van der Waals surface area contributed by atoms with Gasteiger partial charge in [-0.15, -0.1) is 0 Å². The molecule has 2 aliphatic heterocycles. The van der Waals surface area contributed by atoms with Crippen LogP contribution in [0.3, 0.4) is 0 Å². The summed E-state index contributed by atoms with van der Waals surface area (Å²) in [7, 11) is 2.26. The molecular weight excluding hydrogens is 352 g/mol. The minimum Gasteiger partial charge on any atom is -0.346 e. The molecule has 1 N–H and O–H groups in total. The molecule has 7 nitrogen and oxygen atoms in total. The van der Waals surface area contributed by atoms with Gasteiger partial charge in [-0.1, -0.05) is 6.92 Å². The smallest absolute Gasteiger partial charge is 0.319 e. The Labute approximate surface area is 170 Å². The molecule has 1 aromatic heterocycles. The van der Waals surface area contributed by atoms with Crippen molar-refractivity contribution in [3.63, 3.8) is 0 Å². The first-order valence-electron chi connectivity index (χ1n) is 10.9. The molecular formula is C21H38N6O. The fourth-order valence-corrected chi connectivity index (χ4v) is 4.72. The largest absolute Gasteiger partial charge is 0.346 e. The van der Waals surface area contributed by atoms with Crippen molar-refractivity contribution in [2.45, 2.75) is 59.0 Å². The zero-order chi connectivity index (χ0) is 20.3. The average molecular weight is 391 g/mol. The SMILES string of the molecule is CCc1nc(CN2CCN(C)C3(CCN(C(=O)N(CC)CC)CC3)C2)c(C)[nH]1. The third kappa shape index (κ3) is 4.20. The van der Waals surface area contributed by atoms with E-state index in [1.807, 2.05) is 4.90 Å². The number of likely N-dealkylation sites (tertiary alicyclic amines) is 1. The summed E-state index contributed by atoms with van der Waals surface area (Å²) in [6.07, 6.45) is 3.05. The molecule has 2 amide bonds. The standard InChI is InChI=1S/C21H38N6O/c1-6-19-22-17(4)18(23-19)15-25-14-13-24(5)21(16-25)9-11-27(12-10-21)20(28)26(7-2)8-3/h6-16H2,1-5H3,(H,22,23). The molecule has 158 valence electrons. The number of aryl methyl sites for hydroxylation is 2. The number of rotatable bonds is 5. The molecule has 0 aromatic carbocycles. The van der Waals surface area contributed by atoms with Gasteiger partial charge in [0, 0.05) is 70.0 Å². The molecule has 7 heteroatoms. The molecule has 0 unspecified atom stereocenters. The van der Waals surface area contributed by atoms with E-state index < -0.39 is 0 Å². The fraction of sp³-hybridized carbons (Fsp3) is 0.810. The van der Waals surface area contributed by atoms with Crippen LogP contribution in [0.2, 0.25) is 0 Å². The van der Waals surface area contributed by atoms with Gasteiger partial charge in [0.05, 0.1) is 5.69 Å². The lowest BCUT2D eigenvalue weighted by Crippen LogP contribution is -2.65. The van der Waals surface area contributed by atoms with Crippen molar-refractivity contribution >= 4 is 6.03 Å². The van der Waals surface area contributed by atoms with Crippen molar-refractivity contribution in [1.82, 2.24) is 29.6 Å². The average Bonchev–Trinajstić information content (AvgIpc) is 3.06. The number of aromatic amines is 1. The van der Waals surface area contributed by atoms with Gasteiger partial charge in [0.25, 0.3) is 0 Å². The number of piperazine rings is 1. The molecule has 0 bridgehead atoms. The molecule has 2 fully saturated rings. The normalized spacial score (nSPS) is 20.7. The molecule has 0 atom stereocenters. The third-order valence-electron chi connectivity index (χ3n) is 6.82. The van der Waals surface area contributed by atoms with Gasteiger partial charge in [-0.05, 0) is 40.7 Å². The van der Waals surface area contributed by atoms with Crippen molar-refractivity contribution in [3.05, 3.63) is 17.2 Å². The maximum atomic E-state index is 12.7. The van der Waals surface area contributed by atoms with Crippen LogP contribution in [0, 0.1) is 6.92 Å².